The number of benzene rings is 1. The fourth-order valence-corrected chi connectivity index (χ4v) is 2.80. The zero-order chi connectivity index (χ0) is 19.4. The van der Waals surface area contributed by atoms with Crippen LogP contribution in [0.1, 0.15) is 38.1 Å². The standard InChI is InChI=1S/C16H24N2O6S/c1-10(14(19)18-16(2,3)4)24-15(20)11-7-8-12(23-6)13(9-11)25(21,22)17-5/h7-10,17H,1-6H3,(H,18,19)/t10-/m1/s1. The first-order valence-electron chi connectivity index (χ1n) is 7.56. The van der Waals surface area contributed by atoms with E-state index in [0.29, 0.717) is 0 Å². The Labute approximate surface area is 147 Å². The maximum atomic E-state index is 12.2. The number of rotatable bonds is 6. The van der Waals surface area contributed by atoms with E-state index in [2.05, 4.69) is 10.0 Å². The predicted molar refractivity (Wildman–Crippen MR) is 92.0 cm³/mol. The van der Waals surface area contributed by atoms with E-state index >= 15 is 0 Å². The molecule has 8 nitrogen and oxygen atoms in total. The highest BCUT2D eigenvalue weighted by molar-refractivity contribution is 7.89. The molecule has 140 valence electrons. The third-order valence-electron chi connectivity index (χ3n) is 3.11. The van der Waals surface area contributed by atoms with Crippen LogP contribution in [0, 0.1) is 0 Å². The van der Waals surface area contributed by atoms with Crippen LogP contribution in [-0.2, 0) is 19.6 Å². The van der Waals surface area contributed by atoms with E-state index in [4.69, 9.17) is 9.47 Å². The quantitative estimate of drug-likeness (QED) is 0.723. The second kappa shape index (κ2) is 7.83. The highest BCUT2D eigenvalue weighted by atomic mass is 32.2. The van der Waals surface area contributed by atoms with Crippen LogP contribution >= 0.6 is 0 Å². The lowest BCUT2D eigenvalue weighted by atomic mass is 10.1. The van der Waals surface area contributed by atoms with Crippen molar-refractivity contribution in [1.82, 2.24) is 10.0 Å². The average molecular weight is 372 g/mol. The van der Waals surface area contributed by atoms with Gasteiger partial charge in [0.15, 0.2) is 6.10 Å². The molecule has 9 heteroatoms. The van der Waals surface area contributed by atoms with Crippen molar-refractivity contribution in [3.63, 3.8) is 0 Å². The van der Waals surface area contributed by atoms with Crippen LogP contribution < -0.4 is 14.8 Å². The highest BCUT2D eigenvalue weighted by Crippen LogP contribution is 2.25. The van der Waals surface area contributed by atoms with E-state index in [-0.39, 0.29) is 16.2 Å². The minimum absolute atomic E-state index is 0.00923. The molecule has 1 aromatic rings. The van der Waals surface area contributed by atoms with Gasteiger partial charge in [0.1, 0.15) is 10.6 Å². The van der Waals surface area contributed by atoms with Gasteiger partial charge in [-0.3, -0.25) is 4.79 Å². The van der Waals surface area contributed by atoms with E-state index in [1.165, 1.54) is 33.2 Å². The van der Waals surface area contributed by atoms with Crippen LogP contribution in [0.2, 0.25) is 0 Å². The summed E-state index contributed by atoms with van der Waals surface area (Å²) in [5, 5.41) is 2.70. The van der Waals surface area contributed by atoms with Crippen molar-refractivity contribution in [2.75, 3.05) is 14.2 Å². The zero-order valence-corrected chi connectivity index (χ0v) is 16.0. The van der Waals surface area contributed by atoms with E-state index in [1.807, 2.05) is 0 Å². The topological polar surface area (TPSA) is 111 Å². The van der Waals surface area contributed by atoms with Crippen molar-refractivity contribution in [2.45, 2.75) is 44.2 Å². The average Bonchev–Trinajstić information content (AvgIpc) is 2.52. The summed E-state index contributed by atoms with van der Waals surface area (Å²) in [6.07, 6.45) is -1.03. The molecular weight excluding hydrogens is 348 g/mol. The van der Waals surface area contributed by atoms with E-state index < -0.39 is 33.5 Å². The summed E-state index contributed by atoms with van der Waals surface area (Å²) < 4.78 is 36.3. The Hall–Kier alpha value is -2.13. The van der Waals surface area contributed by atoms with Gasteiger partial charge in [0.25, 0.3) is 5.91 Å². The van der Waals surface area contributed by atoms with Crippen LogP contribution in [-0.4, -0.2) is 46.1 Å². The van der Waals surface area contributed by atoms with Gasteiger partial charge in [-0.15, -0.1) is 0 Å². The lowest BCUT2D eigenvalue weighted by molar-refractivity contribution is -0.130. The van der Waals surface area contributed by atoms with Gasteiger partial charge in [-0.05, 0) is 52.9 Å². The Morgan fingerprint density at radius 3 is 2.28 bits per heavy atom. The summed E-state index contributed by atoms with van der Waals surface area (Å²) in [5.74, 6) is -1.17. The summed E-state index contributed by atoms with van der Waals surface area (Å²) in [6.45, 7) is 6.85. The Balaban J connectivity index is 3.03. The summed E-state index contributed by atoms with van der Waals surface area (Å²) in [7, 11) is -1.26. The molecule has 0 aliphatic heterocycles. The molecule has 0 saturated heterocycles. The first-order valence-corrected chi connectivity index (χ1v) is 9.04. The maximum Gasteiger partial charge on any atom is 0.338 e. The van der Waals surface area contributed by atoms with Gasteiger partial charge in [-0.25, -0.2) is 17.9 Å². The van der Waals surface area contributed by atoms with Gasteiger partial charge in [0.2, 0.25) is 10.0 Å². The van der Waals surface area contributed by atoms with Crippen LogP contribution in [0.25, 0.3) is 0 Å². The fourth-order valence-electron chi connectivity index (χ4n) is 1.88. The Morgan fingerprint density at radius 2 is 1.80 bits per heavy atom. The van der Waals surface area contributed by atoms with Crippen LogP contribution in [0.5, 0.6) is 5.75 Å². The van der Waals surface area contributed by atoms with Gasteiger partial charge in [-0.2, -0.15) is 0 Å². The summed E-state index contributed by atoms with van der Waals surface area (Å²) in [4.78, 5) is 24.0. The second-order valence-corrected chi connectivity index (χ2v) is 8.21. The number of hydrogen-bond acceptors (Lipinski definition) is 6. The number of esters is 1. The molecule has 0 aliphatic rings. The Kier molecular flexibility index (Phi) is 6.55. The molecule has 0 fully saturated rings. The molecule has 1 atom stereocenters. The van der Waals surface area contributed by atoms with Gasteiger partial charge in [0.05, 0.1) is 12.7 Å². The fraction of sp³-hybridized carbons (Fsp3) is 0.500. The monoisotopic (exact) mass is 372 g/mol. The minimum atomic E-state index is -3.83. The van der Waals surface area contributed by atoms with Crippen LogP contribution in [0.4, 0.5) is 0 Å². The molecule has 0 radical (unpaired) electrons. The first-order chi connectivity index (χ1) is 11.4. The SMILES string of the molecule is CNS(=O)(=O)c1cc(C(=O)O[C@H](C)C(=O)NC(C)(C)C)ccc1OC. The van der Waals surface area contributed by atoms with Crippen LogP contribution in [0.3, 0.4) is 0 Å². The summed E-state index contributed by atoms with van der Waals surface area (Å²) >= 11 is 0. The summed E-state index contributed by atoms with van der Waals surface area (Å²) in [6, 6.07) is 3.85. The first kappa shape index (κ1) is 20.9. The number of carbonyl (C=O) groups is 2. The van der Waals surface area contributed by atoms with Crippen LogP contribution in [0.15, 0.2) is 23.1 Å². The smallest absolute Gasteiger partial charge is 0.338 e. The second-order valence-electron chi connectivity index (χ2n) is 6.36. The largest absolute Gasteiger partial charge is 0.495 e. The molecule has 1 rings (SSSR count). The van der Waals surface area contributed by atoms with Crippen molar-refractivity contribution < 1.29 is 27.5 Å². The molecule has 0 bridgehead atoms. The highest BCUT2D eigenvalue weighted by Gasteiger charge is 2.25. The number of methoxy groups -OCH3 is 1. The molecule has 0 aliphatic carbocycles. The molecule has 1 amide bonds. The molecule has 1 aromatic carbocycles. The molecule has 25 heavy (non-hydrogen) atoms. The molecule has 0 spiro atoms. The number of hydrogen-bond donors (Lipinski definition) is 2. The van der Waals surface area contributed by atoms with Gasteiger partial charge < -0.3 is 14.8 Å². The zero-order valence-electron chi connectivity index (χ0n) is 15.2. The Bertz CT molecular complexity index is 752. The maximum absolute atomic E-state index is 12.2. The summed E-state index contributed by atoms with van der Waals surface area (Å²) in [5.41, 5.74) is -0.476. The predicted octanol–water partition coefficient (Wildman–Crippen LogP) is 1.06. The number of carbonyl (C=O) groups excluding carboxylic acids is 2. The van der Waals surface area contributed by atoms with E-state index in [1.54, 1.807) is 20.8 Å². The van der Waals surface area contributed by atoms with Gasteiger partial charge >= 0.3 is 5.97 Å². The minimum Gasteiger partial charge on any atom is -0.495 e. The number of amides is 1. The normalized spacial score (nSPS) is 13.0. The third-order valence-corrected chi connectivity index (χ3v) is 4.54. The number of ether oxygens (including phenoxy) is 2. The van der Waals surface area contributed by atoms with Crippen molar-refractivity contribution in [3.8, 4) is 5.75 Å². The number of nitrogens with one attached hydrogen (secondary N) is 2. The van der Waals surface area contributed by atoms with Crippen molar-refractivity contribution in [3.05, 3.63) is 23.8 Å². The van der Waals surface area contributed by atoms with Gasteiger partial charge in [-0.1, -0.05) is 0 Å². The number of sulfonamides is 1. The molecule has 0 aromatic heterocycles. The molecule has 2 N–H and O–H groups in total. The van der Waals surface area contributed by atoms with E-state index in [9.17, 15) is 18.0 Å². The van der Waals surface area contributed by atoms with Crippen molar-refractivity contribution in [1.29, 1.82) is 0 Å². The lowest BCUT2D eigenvalue weighted by Gasteiger charge is -2.23. The molecule has 0 unspecified atom stereocenters. The van der Waals surface area contributed by atoms with Crippen molar-refractivity contribution in [2.24, 2.45) is 0 Å². The molecule has 0 saturated carbocycles. The third kappa shape index (κ3) is 5.71. The lowest BCUT2D eigenvalue weighted by Crippen LogP contribution is -2.46. The molecule has 0 heterocycles. The Morgan fingerprint density at radius 1 is 1.20 bits per heavy atom. The van der Waals surface area contributed by atoms with E-state index in [0.717, 1.165) is 6.07 Å². The molecular formula is C16H24N2O6S. The van der Waals surface area contributed by atoms with Gasteiger partial charge in [0, 0.05) is 5.54 Å². The van der Waals surface area contributed by atoms with Crippen molar-refractivity contribution >= 4 is 21.9 Å².